The molecule has 28 heavy (non-hydrogen) atoms. The van der Waals surface area contributed by atoms with Crippen LogP contribution in [0.15, 0.2) is 41.6 Å². The molecule has 0 spiro atoms. The molecule has 3 heterocycles. The van der Waals surface area contributed by atoms with Crippen LogP contribution in [0.2, 0.25) is 5.02 Å². The molecular formula is C18H15ClF3N5O. The highest BCUT2D eigenvalue weighted by atomic mass is 35.5. The molecule has 6 nitrogen and oxygen atoms in total. The maximum absolute atomic E-state index is 13.0. The van der Waals surface area contributed by atoms with E-state index in [2.05, 4.69) is 15.2 Å². The van der Waals surface area contributed by atoms with Gasteiger partial charge < -0.3 is 9.47 Å². The summed E-state index contributed by atoms with van der Waals surface area (Å²) in [6, 6.07) is 5.25. The van der Waals surface area contributed by atoms with E-state index in [4.69, 9.17) is 11.6 Å². The zero-order valence-electron chi connectivity index (χ0n) is 14.5. The third kappa shape index (κ3) is 3.49. The fourth-order valence-corrected chi connectivity index (χ4v) is 3.53. The molecule has 2 aromatic heterocycles. The number of halogens is 4. The third-order valence-electron chi connectivity index (χ3n) is 4.72. The Morgan fingerprint density at radius 1 is 1.29 bits per heavy atom. The summed E-state index contributed by atoms with van der Waals surface area (Å²) < 4.78 is 40.7. The highest BCUT2D eigenvalue weighted by Crippen LogP contribution is 2.30. The number of hydrogen-bond donors (Lipinski definition) is 1. The average Bonchev–Trinajstić information content (AvgIpc) is 3.06. The van der Waals surface area contributed by atoms with E-state index >= 15 is 0 Å². The van der Waals surface area contributed by atoms with Crippen LogP contribution in [0, 0.1) is 0 Å². The van der Waals surface area contributed by atoms with E-state index in [1.165, 1.54) is 12.3 Å². The molecule has 1 N–H and O–H groups in total. The standard InChI is InChI=1S/C18H15ClF3N5O/c19-16-14(7-24-25-17(16)28)26-5-4-13-15(9-26)27(10-23-13)8-11-2-1-3-12(6-11)18(20,21)22/h1-3,6-7,10H,4-5,8-9H2,(H,25,28). The van der Waals surface area contributed by atoms with Crippen LogP contribution in [-0.4, -0.2) is 26.3 Å². The normalized spacial score (nSPS) is 14.2. The van der Waals surface area contributed by atoms with Gasteiger partial charge >= 0.3 is 6.18 Å². The van der Waals surface area contributed by atoms with Gasteiger partial charge in [0.2, 0.25) is 0 Å². The van der Waals surface area contributed by atoms with Gasteiger partial charge in [-0.2, -0.15) is 18.3 Å². The lowest BCUT2D eigenvalue weighted by atomic mass is 10.1. The van der Waals surface area contributed by atoms with E-state index < -0.39 is 17.3 Å². The van der Waals surface area contributed by atoms with Gasteiger partial charge in [0, 0.05) is 19.5 Å². The van der Waals surface area contributed by atoms with E-state index in [0.29, 0.717) is 30.8 Å². The molecule has 0 bridgehead atoms. The second kappa shape index (κ2) is 6.97. The van der Waals surface area contributed by atoms with Crippen molar-refractivity contribution in [3.05, 3.63) is 74.7 Å². The smallest absolute Gasteiger partial charge is 0.363 e. The second-order valence-corrected chi connectivity index (χ2v) is 6.91. The first-order valence-corrected chi connectivity index (χ1v) is 8.88. The minimum Gasteiger partial charge on any atom is -0.363 e. The Kier molecular flexibility index (Phi) is 4.62. The number of rotatable bonds is 3. The van der Waals surface area contributed by atoms with Crippen LogP contribution >= 0.6 is 11.6 Å². The third-order valence-corrected chi connectivity index (χ3v) is 5.08. The number of imidazole rings is 1. The van der Waals surface area contributed by atoms with Gasteiger partial charge in [-0.25, -0.2) is 10.1 Å². The maximum Gasteiger partial charge on any atom is 0.416 e. The summed E-state index contributed by atoms with van der Waals surface area (Å²) >= 11 is 6.10. The molecule has 0 saturated heterocycles. The molecular weight excluding hydrogens is 395 g/mol. The van der Waals surface area contributed by atoms with Crippen LogP contribution in [0.3, 0.4) is 0 Å². The summed E-state index contributed by atoms with van der Waals surface area (Å²) in [4.78, 5) is 18.0. The van der Waals surface area contributed by atoms with E-state index in [1.807, 2.05) is 9.47 Å². The summed E-state index contributed by atoms with van der Waals surface area (Å²) in [6.07, 6.45) is -0.631. The van der Waals surface area contributed by atoms with Crippen LogP contribution < -0.4 is 10.5 Å². The molecule has 3 aromatic rings. The first kappa shape index (κ1) is 18.5. The van der Waals surface area contributed by atoms with Crippen molar-refractivity contribution in [2.45, 2.75) is 25.7 Å². The summed E-state index contributed by atoms with van der Waals surface area (Å²) in [5.74, 6) is 0. The minimum atomic E-state index is -4.38. The van der Waals surface area contributed by atoms with E-state index in [0.717, 1.165) is 23.5 Å². The number of H-pyrrole nitrogens is 1. The number of aromatic nitrogens is 4. The lowest BCUT2D eigenvalue weighted by Crippen LogP contribution is -2.33. The summed E-state index contributed by atoms with van der Waals surface area (Å²) in [6.45, 7) is 1.30. The molecule has 0 amide bonds. The van der Waals surface area contributed by atoms with Crippen LogP contribution in [0.5, 0.6) is 0 Å². The highest BCUT2D eigenvalue weighted by Gasteiger charge is 2.30. The van der Waals surface area contributed by atoms with Crippen molar-refractivity contribution in [2.75, 3.05) is 11.4 Å². The lowest BCUT2D eigenvalue weighted by molar-refractivity contribution is -0.137. The molecule has 0 fully saturated rings. The zero-order valence-corrected chi connectivity index (χ0v) is 15.3. The fourth-order valence-electron chi connectivity index (χ4n) is 3.32. The summed E-state index contributed by atoms with van der Waals surface area (Å²) in [5, 5.41) is 6.13. The van der Waals surface area contributed by atoms with E-state index in [9.17, 15) is 18.0 Å². The SMILES string of the molecule is O=c1[nH]ncc(N2CCc3ncn(Cc4cccc(C(F)(F)F)c4)c3C2)c1Cl. The molecule has 0 saturated carbocycles. The molecule has 10 heteroatoms. The van der Waals surface area contributed by atoms with Crippen molar-refractivity contribution in [1.82, 2.24) is 19.7 Å². The van der Waals surface area contributed by atoms with Gasteiger partial charge in [-0.3, -0.25) is 4.79 Å². The van der Waals surface area contributed by atoms with Crippen molar-refractivity contribution in [3.8, 4) is 0 Å². The Labute approximate surface area is 162 Å². The van der Waals surface area contributed by atoms with Gasteiger partial charge in [-0.05, 0) is 17.7 Å². The number of anilines is 1. The molecule has 146 valence electrons. The number of aromatic amines is 1. The predicted octanol–water partition coefficient (Wildman–Crippen LogP) is 3.25. The van der Waals surface area contributed by atoms with Crippen molar-refractivity contribution in [3.63, 3.8) is 0 Å². The predicted molar refractivity (Wildman–Crippen MR) is 97.4 cm³/mol. The van der Waals surface area contributed by atoms with Crippen molar-refractivity contribution < 1.29 is 13.2 Å². The molecule has 0 aliphatic carbocycles. The molecule has 0 unspecified atom stereocenters. The van der Waals surface area contributed by atoms with Gasteiger partial charge in [-0.15, -0.1) is 0 Å². The number of nitrogens with zero attached hydrogens (tertiary/aromatic N) is 4. The van der Waals surface area contributed by atoms with Crippen LogP contribution in [0.4, 0.5) is 18.9 Å². The first-order valence-electron chi connectivity index (χ1n) is 8.50. The van der Waals surface area contributed by atoms with Crippen molar-refractivity contribution in [2.24, 2.45) is 0 Å². The summed E-state index contributed by atoms with van der Waals surface area (Å²) in [7, 11) is 0. The number of hydrogen-bond acceptors (Lipinski definition) is 4. The van der Waals surface area contributed by atoms with Gasteiger partial charge in [0.15, 0.2) is 0 Å². The van der Waals surface area contributed by atoms with E-state index in [1.54, 1.807) is 12.4 Å². The molecule has 4 rings (SSSR count). The molecule has 0 radical (unpaired) electrons. The Bertz CT molecular complexity index is 1080. The van der Waals surface area contributed by atoms with Gasteiger partial charge in [0.1, 0.15) is 5.02 Å². The number of alkyl halides is 3. The molecule has 1 aliphatic heterocycles. The topological polar surface area (TPSA) is 66.8 Å². The highest BCUT2D eigenvalue weighted by molar-refractivity contribution is 6.32. The first-order chi connectivity index (χ1) is 13.3. The Hall–Kier alpha value is -2.81. The fraction of sp³-hybridized carbons (Fsp3) is 0.278. The van der Waals surface area contributed by atoms with Gasteiger partial charge in [-0.1, -0.05) is 23.7 Å². The minimum absolute atomic E-state index is 0.0578. The number of fused-ring (bicyclic) bond motifs is 1. The Balaban J connectivity index is 1.61. The monoisotopic (exact) mass is 409 g/mol. The quantitative estimate of drug-likeness (QED) is 0.721. The molecule has 0 atom stereocenters. The average molecular weight is 410 g/mol. The van der Waals surface area contributed by atoms with Gasteiger partial charge in [0.25, 0.3) is 5.56 Å². The Morgan fingerprint density at radius 2 is 2.11 bits per heavy atom. The van der Waals surface area contributed by atoms with Crippen LogP contribution in [0.25, 0.3) is 0 Å². The Morgan fingerprint density at radius 3 is 2.89 bits per heavy atom. The lowest BCUT2D eigenvalue weighted by Gasteiger charge is -2.29. The zero-order chi connectivity index (χ0) is 19.9. The van der Waals surface area contributed by atoms with Crippen molar-refractivity contribution >= 4 is 17.3 Å². The van der Waals surface area contributed by atoms with Crippen LogP contribution in [0.1, 0.15) is 22.5 Å². The largest absolute Gasteiger partial charge is 0.416 e. The molecule has 1 aromatic carbocycles. The van der Waals surface area contributed by atoms with E-state index in [-0.39, 0.29) is 11.6 Å². The van der Waals surface area contributed by atoms with Gasteiger partial charge in [0.05, 0.1) is 41.7 Å². The number of benzene rings is 1. The maximum atomic E-state index is 13.0. The summed E-state index contributed by atoms with van der Waals surface area (Å²) in [5.41, 5.74) is 1.66. The molecule has 1 aliphatic rings. The van der Waals surface area contributed by atoms with Crippen molar-refractivity contribution in [1.29, 1.82) is 0 Å². The number of nitrogens with one attached hydrogen (secondary N) is 1. The van der Waals surface area contributed by atoms with Crippen LogP contribution in [-0.2, 0) is 25.7 Å². The second-order valence-electron chi connectivity index (χ2n) is 6.53.